The van der Waals surface area contributed by atoms with Gasteiger partial charge in [0.15, 0.2) is 5.96 Å². The molecule has 0 bridgehead atoms. The molecule has 1 saturated heterocycles. The fourth-order valence-electron chi connectivity index (χ4n) is 4.05. The zero-order valence-electron chi connectivity index (χ0n) is 16.8. The Hall–Kier alpha value is -0.830. The van der Waals surface area contributed by atoms with Crippen molar-refractivity contribution in [1.29, 1.82) is 0 Å². The average molecular weight is 563 g/mol. The Bertz CT molecular complexity index is 693. The van der Waals surface area contributed by atoms with Crippen LogP contribution in [0, 0.1) is 0 Å². The van der Waals surface area contributed by atoms with E-state index in [4.69, 9.17) is 0 Å². The highest BCUT2D eigenvalue weighted by Crippen LogP contribution is 2.49. The number of guanidine groups is 1. The van der Waals surface area contributed by atoms with E-state index < -0.39 is 0 Å². The average Bonchev–Trinajstić information content (AvgIpc) is 3.35. The van der Waals surface area contributed by atoms with E-state index in [1.807, 2.05) is 7.05 Å². The van der Waals surface area contributed by atoms with E-state index in [0.717, 1.165) is 44.9 Å². The van der Waals surface area contributed by atoms with Crippen molar-refractivity contribution in [2.75, 3.05) is 26.7 Å². The Morgan fingerprint density at radius 1 is 1.32 bits per heavy atom. The topological polar surface area (TPSA) is 56.7 Å². The molecule has 2 aliphatic rings. The molecule has 2 N–H and O–H groups in total. The number of benzene rings is 1. The van der Waals surface area contributed by atoms with Crippen molar-refractivity contribution in [3.8, 4) is 0 Å². The standard InChI is InChI=1S/C21H31BrN4O.HI/c1-3-16(26-14-6-9-19(26)27)10-13-24-20(23-2)25-15-21(11-12-21)17-7-4-5-8-18(17)22;/h4-5,7-8,16H,3,6,9-15H2,1-2H3,(H2,23,24,25);1H. The van der Waals surface area contributed by atoms with Gasteiger partial charge in [-0.15, -0.1) is 24.0 Å². The number of amides is 1. The molecule has 3 rings (SSSR count). The van der Waals surface area contributed by atoms with E-state index in [1.54, 1.807) is 0 Å². The fraction of sp³-hybridized carbons (Fsp3) is 0.619. The monoisotopic (exact) mass is 562 g/mol. The molecule has 1 atom stereocenters. The Morgan fingerprint density at radius 3 is 2.64 bits per heavy atom. The number of nitrogens with zero attached hydrogens (tertiary/aromatic N) is 2. The third-order valence-corrected chi connectivity index (χ3v) is 6.60. The van der Waals surface area contributed by atoms with Crippen LogP contribution in [0.1, 0.15) is 51.0 Å². The van der Waals surface area contributed by atoms with Crippen LogP contribution in [0.5, 0.6) is 0 Å². The molecule has 1 amide bonds. The molecular weight excluding hydrogens is 531 g/mol. The van der Waals surface area contributed by atoms with E-state index in [9.17, 15) is 4.79 Å². The maximum atomic E-state index is 12.0. The van der Waals surface area contributed by atoms with Gasteiger partial charge in [-0.3, -0.25) is 9.79 Å². The summed E-state index contributed by atoms with van der Waals surface area (Å²) in [5.41, 5.74) is 1.59. The molecule has 156 valence electrons. The number of carbonyl (C=O) groups excluding carboxylic acids is 1. The Morgan fingerprint density at radius 2 is 2.07 bits per heavy atom. The van der Waals surface area contributed by atoms with Gasteiger partial charge in [-0.05, 0) is 43.7 Å². The summed E-state index contributed by atoms with van der Waals surface area (Å²) in [5, 5.41) is 6.93. The van der Waals surface area contributed by atoms with Crippen LogP contribution < -0.4 is 10.6 Å². The van der Waals surface area contributed by atoms with Crippen molar-refractivity contribution in [1.82, 2.24) is 15.5 Å². The number of halogens is 2. The first-order valence-corrected chi connectivity index (χ1v) is 10.9. The quantitative estimate of drug-likeness (QED) is 0.285. The highest BCUT2D eigenvalue weighted by Gasteiger charge is 2.45. The van der Waals surface area contributed by atoms with Crippen LogP contribution in [0.25, 0.3) is 0 Å². The lowest BCUT2D eigenvalue weighted by Crippen LogP contribution is -2.44. The second-order valence-electron chi connectivity index (χ2n) is 7.65. The van der Waals surface area contributed by atoms with Gasteiger partial charge in [0.25, 0.3) is 0 Å². The van der Waals surface area contributed by atoms with Gasteiger partial charge in [-0.1, -0.05) is 41.1 Å². The van der Waals surface area contributed by atoms with Gasteiger partial charge in [0.05, 0.1) is 0 Å². The fourth-order valence-corrected chi connectivity index (χ4v) is 4.76. The number of hydrogen-bond acceptors (Lipinski definition) is 2. The molecule has 0 spiro atoms. The predicted molar refractivity (Wildman–Crippen MR) is 129 cm³/mol. The third kappa shape index (κ3) is 5.62. The summed E-state index contributed by atoms with van der Waals surface area (Å²) < 4.78 is 1.19. The number of likely N-dealkylation sites (tertiary alicyclic amines) is 1. The Labute approximate surface area is 194 Å². The number of carbonyl (C=O) groups is 1. The number of aliphatic imine (C=N–C) groups is 1. The van der Waals surface area contributed by atoms with Crippen LogP contribution in [0.2, 0.25) is 0 Å². The summed E-state index contributed by atoms with van der Waals surface area (Å²) in [4.78, 5) is 18.4. The van der Waals surface area contributed by atoms with Gasteiger partial charge in [0, 0.05) is 49.0 Å². The van der Waals surface area contributed by atoms with E-state index in [0.29, 0.717) is 18.4 Å². The smallest absolute Gasteiger partial charge is 0.222 e. The van der Waals surface area contributed by atoms with E-state index >= 15 is 0 Å². The van der Waals surface area contributed by atoms with Crippen molar-refractivity contribution >= 4 is 51.8 Å². The molecule has 1 heterocycles. The minimum Gasteiger partial charge on any atom is -0.356 e. The first-order chi connectivity index (χ1) is 13.1. The summed E-state index contributed by atoms with van der Waals surface area (Å²) in [6.45, 7) is 4.79. The van der Waals surface area contributed by atoms with Crippen molar-refractivity contribution in [2.24, 2.45) is 4.99 Å². The maximum Gasteiger partial charge on any atom is 0.222 e. The summed E-state index contributed by atoms with van der Waals surface area (Å²) in [6.07, 6.45) is 6.08. The van der Waals surface area contributed by atoms with Gasteiger partial charge in [0.1, 0.15) is 0 Å². The van der Waals surface area contributed by atoms with Crippen LogP contribution in [0.15, 0.2) is 33.7 Å². The van der Waals surface area contributed by atoms with Crippen LogP contribution in [0.4, 0.5) is 0 Å². The number of rotatable bonds is 8. The van der Waals surface area contributed by atoms with Crippen LogP contribution in [0.3, 0.4) is 0 Å². The number of nitrogens with one attached hydrogen (secondary N) is 2. The van der Waals surface area contributed by atoms with Gasteiger partial charge in [0.2, 0.25) is 5.91 Å². The van der Waals surface area contributed by atoms with Gasteiger partial charge >= 0.3 is 0 Å². The summed E-state index contributed by atoms with van der Waals surface area (Å²) >= 11 is 3.69. The SMILES string of the molecule is CCC(CCNC(=NC)NCC1(c2ccccc2Br)CC1)N1CCCC1=O.I. The molecule has 0 aromatic heterocycles. The molecular formula is C21H32BrIN4O. The van der Waals surface area contributed by atoms with Crippen molar-refractivity contribution in [3.63, 3.8) is 0 Å². The molecule has 28 heavy (non-hydrogen) atoms. The molecule has 1 aliphatic heterocycles. The summed E-state index contributed by atoms with van der Waals surface area (Å²) in [5.74, 6) is 1.16. The minimum absolute atomic E-state index is 0. The van der Waals surface area contributed by atoms with E-state index in [2.05, 4.69) is 67.6 Å². The predicted octanol–water partition coefficient (Wildman–Crippen LogP) is 4.05. The van der Waals surface area contributed by atoms with Crippen molar-refractivity contribution in [2.45, 2.75) is 56.9 Å². The van der Waals surface area contributed by atoms with Gasteiger partial charge in [-0.25, -0.2) is 0 Å². The molecule has 1 aromatic rings. The lowest BCUT2D eigenvalue weighted by molar-refractivity contribution is -0.129. The normalized spacial score (nSPS) is 19.2. The zero-order valence-corrected chi connectivity index (χ0v) is 20.8. The molecule has 2 fully saturated rings. The summed E-state index contributed by atoms with van der Waals surface area (Å²) in [7, 11) is 1.81. The van der Waals surface area contributed by atoms with Crippen LogP contribution >= 0.6 is 39.9 Å². The highest BCUT2D eigenvalue weighted by molar-refractivity contribution is 14.0. The maximum absolute atomic E-state index is 12.0. The first-order valence-electron chi connectivity index (χ1n) is 10.1. The molecule has 7 heteroatoms. The molecule has 5 nitrogen and oxygen atoms in total. The lowest BCUT2D eigenvalue weighted by Gasteiger charge is -2.27. The van der Waals surface area contributed by atoms with Crippen LogP contribution in [-0.2, 0) is 10.2 Å². The van der Waals surface area contributed by atoms with E-state index in [1.165, 1.54) is 22.9 Å². The van der Waals surface area contributed by atoms with Crippen molar-refractivity contribution in [3.05, 3.63) is 34.3 Å². The second kappa shape index (κ2) is 10.8. The highest BCUT2D eigenvalue weighted by atomic mass is 127. The Balaban J connectivity index is 0.00000280. The first kappa shape index (κ1) is 23.4. The molecule has 1 saturated carbocycles. The lowest BCUT2D eigenvalue weighted by atomic mass is 9.96. The summed E-state index contributed by atoms with van der Waals surface area (Å²) in [6, 6.07) is 8.84. The molecule has 1 unspecified atom stereocenters. The molecule has 1 aromatic carbocycles. The zero-order chi connectivity index (χ0) is 19.3. The molecule has 1 aliphatic carbocycles. The number of hydrogen-bond donors (Lipinski definition) is 2. The third-order valence-electron chi connectivity index (χ3n) is 5.91. The van der Waals surface area contributed by atoms with Crippen LogP contribution in [-0.4, -0.2) is 49.5 Å². The van der Waals surface area contributed by atoms with E-state index in [-0.39, 0.29) is 29.4 Å². The molecule has 0 radical (unpaired) electrons. The Kier molecular flexibility index (Phi) is 9.05. The van der Waals surface area contributed by atoms with Gasteiger partial charge in [-0.2, -0.15) is 0 Å². The largest absolute Gasteiger partial charge is 0.356 e. The van der Waals surface area contributed by atoms with Crippen molar-refractivity contribution < 1.29 is 4.79 Å². The van der Waals surface area contributed by atoms with Gasteiger partial charge < -0.3 is 15.5 Å². The second-order valence-corrected chi connectivity index (χ2v) is 8.51. The minimum atomic E-state index is 0.